The van der Waals surface area contributed by atoms with Crippen LogP contribution in [-0.4, -0.2) is 33.9 Å². The lowest BCUT2D eigenvalue weighted by Gasteiger charge is -2.32. The van der Waals surface area contributed by atoms with Gasteiger partial charge in [-0.1, -0.05) is 66.7 Å². The van der Waals surface area contributed by atoms with Crippen LogP contribution in [0.25, 0.3) is 22.7 Å². The highest BCUT2D eigenvalue weighted by molar-refractivity contribution is 6.24. The van der Waals surface area contributed by atoms with Crippen molar-refractivity contribution >= 4 is 28.6 Å². The second-order valence-electron chi connectivity index (χ2n) is 8.54. The number of imidazole rings is 1. The van der Waals surface area contributed by atoms with Gasteiger partial charge in [0.05, 0.1) is 11.0 Å². The molecule has 1 aromatic heterocycles. The predicted octanol–water partition coefficient (Wildman–Crippen LogP) is 5.82. The van der Waals surface area contributed by atoms with Crippen molar-refractivity contribution in [2.75, 3.05) is 13.1 Å². The Bertz CT molecular complexity index is 1250. The maximum absolute atomic E-state index is 13.6. The van der Waals surface area contributed by atoms with Crippen molar-refractivity contribution in [2.45, 2.75) is 25.7 Å². The van der Waals surface area contributed by atoms with Crippen molar-refractivity contribution in [3.05, 3.63) is 101 Å². The van der Waals surface area contributed by atoms with Crippen LogP contribution in [0.3, 0.4) is 0 Å². The Hall–Kier alpha value is -3.66. The number of nitrogens with one attached hydrogen (secondary N) is 1. The summed E-state index contributed by atoms with van der Waals surface area (Å²) in [5.41, 5.74) is 6.07. The Morgan fingerprint density at radius 2 is 1.66 bits per heavy atom. The minimum absolute atomic E-state index is 0.0960. The molecule has 4 aromatic rings. The van der Waals surface area contributed by atoms with Gasteiger partial charge in [-0.2, -0.15) is 0 Å². The van der Waals surface area contributed by atoms with E-state index in [1.807, 2.05) is 71.6 Å². The summed E-state index contributed by atoms with van der Waals surface area (Å²) < 4.78 is 0. The highest BCUT2D eigenvalue weighted by Crippen LogP contribution is 2.30. The lowest BCUT2D eigenvalue weighted by molar-refractivity contribution is -0.126. The summed E-state index contributed by atoms with van der Waals surface area (Å²) in [6.45, 7) is 3.56. The maximum atomic E-state index is 13.6. The SMILES string of the molecule is Cc1ccc2nc(C3CCN(C(=O)/C(=C\c4ccccc4)c4ccccc4)CC3)[nH]c2c1. The second kappa shape index (κ2) is 8.83. The van der Waals surface area contributed by atoms with E-state index >= 15 is 0 Å². The van der Waals surface area contributed by atoms with Crippen molar-refractivity contribution in [1.29, 1.82) is 0 Å². The van der Waals surface area contributed by atoms with Gasteiger partial charge in [0.15, 0.2) is 0 Å². The number of amides is 1. The Labute approximate surface area is 188 Å². The van der Waals surface area contributed by atoms with E-state index in [1.165, 1.54) is 5.56 Å². The van der Waals surface area contributed by atoms with E-state index in [9.17, 15) is 4.79 Å². The molecule has 4 nitrogen and oxygen atoms in total. The van der Waals surface area contributed by atoms with Crippen LogP contribution in [-0.2, 0) is 4.79 Å². The lowest BCUT2D eigenvalue weighted by Crippen LogP contribution is -2.38. The van der Waals surface area contributed by atoms with Crippen molar-refractivity contribution in [3.8, 4) is 0 Å². The van der Waals surface area contributed by atoms with Crippen molar-refractivity contribution < 1.29 is 4.79 Å². The number of nitrogens with zero attached hydrogens (tertiary/aromatic N) is 2. The van der Waals surface area contributed by atoms with Gasteiger partial charge >= 0.3 is 0 Å². The predicted molar refractivity (Wildman–Crippen MR) is 130 cm³/mol. The van der Waals surface area contributed by atoms with E-state index in [4.69, 9.17) is 4.98 Å². The van der Waals surface area contributed by atoms with E-state index in [0.717, 1.165) is 59.5 Å². The highest BCUT2D eigenvalue weighted by atomic mass is 16.2. The van der Waals surface area contributed by atoms with Crippen LogP contribution >= 0.6 is 0 Å². The minimum atomic E-state index is 0.0960. The van der Waals surface area contributed by atoms with Crippen LogP contribution in [0.2, 0.25) is 0 Å². The molecular weight excluding hydrogens is 394 g/mol. The third kappa shape index (κ3) is 4.22. The molecular formula is C28H27N3O. The fraction of sp³-hybridized carbons (Fsp3) is 0.214. The molecule has 0 aliphatic carbocycles. The number of likely N-dealkylation sites (tertiary alicyclic amines) is 1. The van der Waals surface area contributed by atoms with Gasteiger partial charge in [-0.05, 0) is 54.7 Å². The minimum Gasteiger partial charge on any atom is -0.342 e. The fourth-order valence-electron chi connectivity index (χ4n) is 4.47. The average Bonchev–Trinajstić information content (AvgIpc) is 3.27. The number of carbonyl (C=O) groups is 1. The first-order valence-electron chi connectivity index (χ1n) is 11.2. The summed E-state index contributed by atoms with van der Waals surface area (Å²) in [5.74, 6) is 1.49. The fourth-order valence-corrected chi connectivity index (χ4v) is 4.47. The topological polar surface area (TPSA) is 49.0 Å². The van der Waals surface area contributed by atoms with Crippen LogP contribution in [0.15, 0.2) is 78.9 Å². The Balaban J connectivity index is 1.35. The molecule has 1 aliphatic heterocycles. The number of piperidine rings is 1. The number of rotatable bonds is 4. The van der Waals surface area contributed by atoms with Gasteiger partial charge in [-0.15, -0.1) is 0 Å². The normalized spacial score (nSPS) is 15.3. The summed E-state index contributed by atoms with van der Waals surface area (Å²) in [5, 5.41) is 0. The number of H-pyrrole nitrogens is 1. The average molecular weight is 422 g/mol. The zero-order chi connectivity index (χ0) is 21.9. The van der Waals surface area contributed by atoms with Crippen LogP contribution < -0.4 is 0 Å². The maximum Gasteiger partial charge on any atom is 0.254 e. The molecule has 2 heterocycles. The van der Waals surface area contributed by atoms with Crippen LogP contribution in [0.4, 0.5) is 0 Å². The molecule has 0 bridgehead atoms. The van der Waals surface area contributed by atoms with Crippen LogP contribution in [0.1, 0.15) is 41.3 Å². The van der Waals surface area contributed by atoms with Crippen molar-refractivity contribution in [2.24, 2.45) is 0 Å². The molecule has 1 fully saturated rings. The molecule has 1 aliphatic rings. The number of aryl methyl sites for hydroxylation is 1. The lowest BCUT2D eigenvalue weighted by atomic mass is 9.94. The first-order chi connectivity index (χ1) is 15.7. The molecule has 160 valence electrons. The molecule has 5 rings (SSSR count). The Morgan fingerprint density at radius 3 is 2.38 bits per heavy atom. The molecule has 1 saturated heterocycles. The number of benzene rings is 3. The first kappa shape index (κ1) is 20.3. The van der Waals surface area contributed by atoms with Gasteiger partial charge in [-0.25, -0.2) is 4.98 Å². The van der Waals surface area contributed by atoms with E-state index in [2.05, 4.69) is 30.1 Å². The highest BCUT2D eigenvalue weighted by Gasteiger charge is 2.27. The van der Waals surface area contributed by atoms with Gasteiger partial charge in [0, 0.05) is 24.6 Å². The third-order valence-corrected chi connectivity index (χ3v) is 6.25. The molecule has 0 atom stereocenters. The quantitative estimate of drug-likeness (QED) is 0.333. The van der Waals surface area contributed by atoms with E-state index < -0.39 is 0 Å². The number of aromatic amines is 1. The molecule has 32 heavy (non-hydrogen) atoms. The number of hydrogen-bond acceptors (Lipinski definition) is 2. The van der Waals surface area contributed by atoms with E-state index in [0.29, 0.717) is 5.92 Å². The standard InChI is InChI=1S/C28H27N3O/c1-20-12-13-25-26(18-20)30-27(29-25)23-14-16-31(17-15-23)28(32)24(22-10-6-3-7-11-22)19-21-8-4-2-5-9-21/h2-13,18-19,23H,14-17H2,1H3,(H,29,30)/b24-19-. The summed E-state index contributed by atoms with van der Waals surface area (Å²) in [6.07, 6.45) is 3.83. The zero-order valence-corrected chi connectivity index (χ0v) is 18.3. The second-order valence-corrected chi connectivity index (χ2v) is 8.54. The molecule has 0 spiro atoms. The van der Waals surface area contributed by atoms with Crippen LogP contribution in [0.5, 0.6) is 0 Å². The Morgan fingerprint density at radius 1 is 0.969 bits per heavy atom. The molecule has 1 N–H and O–H groups in total. The number of fused-ring (bicyclic) bond motifs is 1. The van der Waals surface area contributed by atoms with Gasteiger partial charge in [-0.3, -0.25) is 4.79 Å². The summed E-state index contributed by atoms with van der Waals surface area (Å²) in [6, 6.07) is 26.3. The van der Waals surface area contributed by atoms with Gasteiger partial charge in [0.1, 0.15) is 5.82 Å². The molecule has 0 radical (unpaired) electrons. The van der Waals surface area contributed by atoms with Gasteiger partial charge in [0.2, 0.25) is 0 Å². The third-order valence-electron chi connectivity index (χ3n) is 6.25. The number of aromatic nitrogens is 2. The summed E-state index contributed by atoms with van der Waals surface area (Å²) in [7, 11) is 0. The summed E-state index contributed by atoms with van der Waals surface area (Å²) >= 11 is 0. The molecule has 0 unspecified atom stereocenters. The Kier molecular flexibility index (Phi) is 5.59. The van der Waals surface area contributed by atoms with E-state index in [-0.39, 0.29) is 5.91 Å². The van der Waals surface area contributed by atoms with Crippen molar-refractivity contribution in [1.82, 2.24) is 14.9 Å². The number of carbonyl (C=O) groups excluding carboxylic acids is 1. The largest absolute Gasteiger partial charge is 0.342 e. The van der Waals surface area contributed by atoms with Crippen LogP contribution in [0, 0.1) is 6.92 Å². The van der Waals surface area contributed by atoms with Gasteiger partial charge in [0.25, 0.3) is 5.91 Å². The van der Waals surface area contributed by atoms with E-state index in [1.54, 1.807) is 0 Å². The van der Waals surface area contributed by atoms with Crippen molar-refractivity contribution in [3.63, 3.8) is 0 Å². The molecule has 3 aromatic carbocycles. The monoisotopic (exact) mass is 421 g/mol. The summed E-state index contributed by atoms with van der Waals surface area (Å²) in [4.78, 5) is 23.9. The van der Waals surface area contributed by atoms with Gasteiger partial charge < -0.3 is 9.88 Å². The smallest absolute Gasteiger partial charge is 0.254 e. The zero-order valence-electron chi connectivity index (χ0n) is 18.3. The molecule has 1 amide bonds. The first-order valence-corrected chi connectivity index (χ1v) is 11.2. The molecule has 4 heteroatoms. The molecule has 0 saturated carbocycles. The number of hydrogen-bond donors (Lipinski definition) is 1.